The fourth-order valence-corrected chi connectivity index (χ4v) is 10.8. The van der Waals surface area contributed by atoms with E-state index in [-0.39, 0.29) is 69.1 Å². The molecule has 4 heterocycles. The van der Waals surface area contributed by atoms with E-state index in [1.165, 1.54) is 30.9 Å². The lowest BCUT2D eigenvalue weighted by atomic mass is 9.85. The number of nitrogens with zero attached hydrogens (tertiary/aromatic N) is 3. The number of aliphatic hydroxyl groups is 1. The molecule has 72 heavy (non-hydrogen) atoms. The van der Waals surface area contributed by atoms with Crippen LogP contribution in [0.1, 0.15) is 99.6 Å². The fraction of sp³-hybridized carbons (Fsp3) is 0.429. The van der Waals surface area contributed by atoms with Gasteiger partial charge in [-0.15, -0.1) is 11.3 Å². The molecule has 2 aliphatic rings. The molecule has 2 aliphatic heterocycles. The van der Waals surface area contributed by atoms with Crippen molar-refractivity contribution in [3.8, 4) is 16.2 Å². The summed E-state index contributed by atoms with van der Waals surface area (Å²) in [6.07, 6.45) is 0.969. The highest BCUT2D eigenvalue weighted by atomic mass is 32.1. The van der Waals surface area contributed by atoms with Gasteiger partial charge in [0.2, 0.25) is 17.7 Å². The number of carbonyl (C=O) groups excluding carboxylic acids is 3. The first-order valence-electron chi connectivity index (χ1n) is 24.6. The lowest BCUT2D eigenvalue weighted by molar-refractivity contribution is -0.144. The van der Waals surface area contributed by atoms with Crippen LogP contribution < -0.4 is 15.4 Å². The smallest absolute Gasteiger partial charge is 0.246 e. The largest absolute Gasteiger partial charge is 0.489 e. The Morgan fingerprint density at radius 3 is 2.38 bits per heavy atom. The number of fused-ring (bicyclic) bond motifs is 3. The minimum atomic E-state index is -1.61. The number of hydrogen-bond donors (Lipinski definition) is 4. The molecule has 0 saturated carbocycles. The molecule has 5 atom stereocenters. The Morgan fingerprint density at radius 2 is 1.68 bits per heavy atom. The summed E-state index contributed by atoms with van der Waals surface area (Å²) in [6, 6.07) is 22.6. The number of aromatic amines is 1. The normalized spacial score (nSPS) is 18.8. The Morgan fingerprint density at radius 1 is 0.958 bits per heavy atom. The molecule has 0 aliphatic carbocycles. The third-order valence-corrected chi connectivity index (χ3v) is 14.5. The van der Waals surface area contributed by atoms with Crippen LogP contribution in [0.3, 0.4) is 0 Å². The number of ether oxygens (including phenoxy) is 2. The van der Waals surface area contributed by atoms with Crippen LogP contribution in [0.15, 0.2) is 90.4 Å². The Balaban J connectivity index is 0.818. The zero-order valence-corrected chi connectivity index (χ0v) is 42.8. The number of carbonyl (C=O) groups is 3. The molecule has 3 amide bonds. The Hall–Kier alpha value is -6.07. The number of benzene rings is 4. The average Bonchev–Trinajstić information content (AvgIpc) is 4.05. The van der Waals surface area contributed by atoms with Crippen molar-refractivity contribution in [3.05, 3.63) is 141 Å². The van der Waals surface area contributed by atoms with Gasteiger partial charge in [-0.25, -0.2) is 18.2 Å². The number of amides is 3. The molecular weight excluding hydrogens is 942 g/mol. The lowest BCUT2D eigenvalue weighted by Crippen LogP contribution is -2.58. The van der Waals surface area contributed by atoms with Gasteiger partial charge in [0.1, 0.15) is 48.4 Å². The number of β-amino-alcohol motifs (C(OH)–C–C–N with tert-alkyl or cyclic N) is 1. The molecular formula is C56H65F3N6O6S. The number of rotatable bonds is 18. The Labute approximate surface area is 423 Å². The lowest BCUT2D eigenvalue weighted by Gasteiger charge is -2.43. The number of para-hydroxylation sites is 1. The number of thiazole rings is 1. The van der Waals surface area contributed by atoms with E-state index in [0.717, 1.165) is 49.3 Å². The van der Waals surface area contributed by atoms with Crippen LogP contribution in [0.4, 0.5) is 13.2 Å². The Bertz CT molecular complexity index is 2870. The van der Waals surface area contributed by atoms with Crippen LogP contribution >= 0.6 is 11.3 Å². The van der Waals surface area contributed by atoms with E-state index in [1.807, 2.05) is 112 Å². The van der Waals surface area contributed by atoms with Gasteiger partial charge in [0.05, 0.1) is 28.2 Å². The first kappa shape index (κ1) is 52.3. The van der Waals surface area contributed by atoms with Crippen molar-refractivity contribution in [3.63, 3.8) is 0 Å². The summed E-state index contributed by atoms with van der Waals surface area (Å²) in [5.41, 5.74) is 6.42. The fourth-order valence-electron chi connectivity index (χ4n) is 9.97. The molecule has 12 nitrogen and oxygen atoms in total. The number of alkyl halides is 1. The number of hydrogen-bond acceptors (Lipinski definition) is 9. The molecule has 4 aromatic carbocycles. The van der Waals surface area contributed by atoms with Crippen LogP contribution in [0.5, 0.6) is 5.75 Å². The molecule has 0 radical (unpaired) electrons. The second-order valence-electron chi connectivity index (χ2n) is 20.9. The molecule has 0 unspecified atom stereocenters. The van der Waals surface area contributed by atoms with Crippen LogP contribution in [0, 0.1) is 24.0 Å². The predicted octanol–water partition coefficient (Wildman–Crippen LogP) is 9.30. The van der Waals surface area contributed by atoms with Gasteiger partial charge in [0.25, 0.3) is 0 Å². The molecule has 0 spiro atoms. The summed E-state index contributed by atoms with van der Waals surface area (Å²) >= 11 is 1.56. The zero-order valence-electron chi connectivity index (χ0n) is 42.0. The monoisotopic (exact) mass is 1010 g/mol. The van der Waals surface area contributed by atoms with Gasteiger partial charge in [-0.05, 0) is 86.3 Å². The number of nitrogens with one attached hydrogen (secondary N) is 3. The van der Waals surface area contributed by atoms with E-state index in [2.05, 4.69) is 20.6 Å². The van der Waals surface area contributed by atoms with Crippen molar-refractivity contribution in [2.75, 3.05) is 26.3 Å². The van der Waals surface area contributed by atoms with Gasteiger partial charge in [0, 0.05) is 73.0 Å². The van der Waals surface area contributed by atoms with E-state index in [0.29, 0.717) is 25.0 Å². The second-order valence-corrected chi connectivity index (χ2v) is 21.8. The van der Waals surface area contributed by atoms with E-state index in [1.54, 1.807) is 16.8 Å². The highest BCUT2D eigenvalue weighted by Gasteiger charge is 2.45. The van der Waals surface area contributed by atoms with Gasteiger partial charge < -0.3 is 35.1 Å². The summed E-state index contributed by atoms with van der Waals surface area (Å²) in [5, 5.41) is 17.4. The minimum absolute atomic E-state index is 0.0216. The van der Waals surface area contributed by atoms with Crippen LogP contribution in [0.25, 0.3) is 21.3 Å². The quantitative estimate of drug-likeness (QED) is 0.0623. The van der Waals surface area contributed by atoms with Crippen LogP contribution in [0.2, 0.25) is 0 Å². The SMILES string of the molecule is Cc1ncsc1-c1ccc(CNC(=O)[C@@H]2C[C@@H](O)CN2C(=O)[C@@H](NC(=O)COCCCc2cccc(COc3cc(F)c([C@@H]4c5[nH]c6ccccc6c5C[C@@H](C)N4CC(C)(C)F)c(F)c3)c2)C(C)(C)C)cc1. The number of H-pyrrole nitrogens is 1. The van der Waals surface area contributed by atoms with Gasteiger partial charge in [-0.1, -0.05) is 87.5 Å². The van der Waals surface area contributed by atoms with Gasteiger partial charge in [0.15, 0.2) is 0 Å². The minimum Gasteiger partial charge on any atom is -0.489 e. The maximum atomic E-state index is 16.3. The van der Waals surface area contributed by atoms with Crippen molar-refractivity contribution in [2.24, 2.45) is 5.41 Å². The molecule has 1 fully saturated rings. The highest BCUT2D eigenvalue weighted by Crippen LogP contribution is 2.44. The first-order valence-corrected chi connectivity index (χ1v) is 25.5. The van der Waals surface area contributed by atoms with Crippen molar-refractivity contribution < 1.29 is 42.1 Å². The molecule has 4 N–H and O–H groups in total. The molecule has 382 valence electrons. The van der Waals surface area contributed by atoms with Crippen molar-refractivity contribution in [1.82, 2.24) is 30.4 Å². The Kier molecular flexibility index (Phi) is 15.9. The number of halogens is 3. The molecule has 0 bridgehead atoms. The average molecular weight is 1010 g/mol. The van der Waals surface area contributed by atoms with Crippen LogP contribution in [-0.2, 0) is 45.1 Å². The molecule has 8 rings (SSSR count). The van der Waals surface area contributed by atoms with E-state index in [4.69, 9.17) is 9.47 Å². The third kappa shape index (κ3) is 12.2. The summed E-state index contributed by atoms with van der Waals surface area (Å²) in [6.45, 7) is 12.5. The maximum absolute atomic E-state index is 16.3. The van der Waals surface area contributed by atoms with E-state index >= 15 is 13.2 Å². The number of aromatic nitrogens is 2. The van der Waals surface area contributed by atoms with Gasteiger partial charge >= 0.3 is 0 Å². The second kappa shape index (κ2) is 22.0. The van der Waals surface area contributed by atoms with E-state index < -0.39 is 58.8 Å². The van der Waals surface area contributed by atoms with E-state index in [9.17, 15) is 19.5 Å². The van der Waals surface area contributed by atoms with Gasteiger partial charge in [-0.2, -0.15) is 0 Å². The zero-order chi connectivity index (χ0) is 51.5. The van der Waals surface area contributed by atoms with Crippen molar-refractivity contribution in [2.45, 2.75) is 123 Å². The molecule has 2 aromatic heterocycles. The molecule has 16 heteroatoms. The maximum Gasteiger partial charge on any atom is 0.246 e. The molecule has 6 aromatic rings. The number of aliphatic hydroxyl groups excluding tert-OH is 1. The summed E-state index contributed by atoms with van der Waals surface area (Å²) < 4.78 is 59.5. The number of likely N-dealkylation sites (tertiary alicyclic amines) is 1. The van der Waals surface area contributed by atoms with Crippen molar-refractivity contribution >= 4 is 40.0 Å². The van der Waals surface area contributed by atoms with Crippen LogP contribution in [-0.4, -0.2) is 98.8 Å². The number of aryl methyl sites for hydroxylation is 2. The van der Waals surface area contributed by atoms with Gasteiger partial charge in [-0.3, -0.25) is 19.3 Å². The first-order chi connectivity index (χ1) is 34.2. The van der Waals surface area contributed by atoms with Crippen molar-refractivity contribution in [1.29, 1.82) is 0 Å². The standard InChI is InChI=1S/C56H65F3N6O6S/c1-33-22-42-41-15-8-9-16-45(41)62-49(42)50(65(33)31-56(6,7)59)48-43(57)25-40(26-44(48)58)71-29-37-13-10-12-35(23-37)14-11-21-70-30-47(67)63-52(55(3,4)5)54(69)64-28-39(66)24-46(64)53(68)60-27-36-17-19-38(20-18-36)51-34(2)61-32-72-51/h8-10,12-13,15-20,23,25-26,32-33,39,46,50,52,62,66H,11,14,21-22,24,27-31H2,1-7H3,(H,60,68)(H,63,67)/t33-,39-,46+,50-,52-/m1/s1. The summed E-state index contributed by atoms with van der Waals surface area (Å²) in [5.74, 6) is -2.87. The molecule has 1 saturated heterocycles. The predicted molar refractivity (Wildman–Crippen MR) is 273 cm³/mol. The topological polar surface area (TPSA) is 149 Å². The highest BCUT2D eigenvalue weighted by molar-refractivity contribution is 7.13. The summed E-state index contributed by atoms with van der Waals surface area (Å²) in [4.78, 5) is 52.8. The summed E-state index contributed by atoms with van der Waals surface area (Å²) in [7, 11) is 0. The third-order valence-electron chi connectivity index (χ3n) is 13.5.